The van der Waals surface area contributed by atoms with Crippen LogP contribution in [0.4, 0.5) is 4.39 Å². The van der Waals surface area contributed by atoms with Gasteiger partial charge in [0.1, 0.15) is 11.9 Å². The number of hydrogen-bond acceptors (Lipinski definition) is 1. The van der Waals surface area contributed by atoms with Crippen LogP contribution in [-0.4, -0.2) is 8.90 Å². The Morgan fingerprint density at radius 3 is 2.36 bits per heavy atom. The fourth-order valence-electron chi connectivity index (χ4n) is 1.03. The minimum Gasteiger partial charge on any atom is -0.384 e. The Hall–Kier alpha value is -0.0200. The van der Waals surface area contributed by atoms with E-state index in [0.29, 0.717) is 0 Å². The molecule has 0 aliphatic rings. The summed E-state index contributed by atoms with van der Waals surface area (Å²) in [7, 11) is 0. The van der Waals surface area contributed by atoms with E-state index in [-0.39, 0.29) is 5.56 Å². The van der Waals surface area contributed by atoms with E-state index in [1.165, 1.54) is 12.1 Å². The molecule has 1 N–H and O–H groups in total. The van der Waals surface area contributed by atoms with Gasteiger partial charge in [-0.15, -0.1) is 0 Å². The SMILES string of the molecule is Cc1ccc(C(O)C(Cl)(Cl)Cl)c(F)c1. The third-order valence-electron chi connectivity index (χ3n) is 1.76. The van der Waals surface area contributed by atoms with E-state index in [1.807, 2.05) is 0 Å². The normalized spacial score (nSPS) is 14.1. The molecule has 0 aliphatic carbocycles. The van der Waals surface area contributed by atoms with Crippen LogP contribution in [0.2, 0.25) is 0 Å². The van der Waals surface area contributed by atoms with Gasteiger partial charge in [0.05, 0.1) is 0 Å². The second-order valence-electron chi connectivity index (χ2n) is 2.97. The van der Waals surface area contributed by atoms with Crippen molar-refractivity contribution in [1.29, 1.82) is 0 Å². The van der Waals surface area contributed by atoms with E-state index >= 15 is 0 Å². The first kappa shape index (κ1) is 12.1. The summed E-state index contributed by atoms with van der Waals surface area (Å²) < 4.78 is 11.4. The van der Waals surface area contributed by atoms with Crippen LogP contribution < -0.4 is 0 Å². The molecule has 0 heterocycles. The highest BCUT2D eigenvalue weighted by Crippen LogP contribution is 2.40. The predicted octanol–water partition coefficient (Wildman–Crippen LogP) is 3.54. The zero-order chi connectivity index (χ0) is 10.9. The van der Waals surface area contributed by atoms with E-state index in [1.54, 1.807) is 13.0 Å². The summed E-state index contributed by atoms with van der Waals surface area (Å²) in [5.74, 6) is -0.580. The Morgan fingerprint density at radius 1 is 1.36 bits per heavy atom. The summed E-state index contributed by atoms with van der Waals surface area (Å²) in [6, 6.07) is 4.31. The first-order valence-electron chi connectivity index (χ1n) is 3.83. The lowest BCUT2D eigenvalue weighted by atomic mass is 10.1. The molecular formula is C9H8Cl3FO. The molecule has 0 saturated carbocycles. The molecule has 0 saturated heterocycles. The molecule has 1 nitrogen and oxygen atoms in total. The van der Waals surface area contributed by atoms with Crippen LogP contribution in [0, 0.1) is 12.7 Å². The van der Waals surface area contributed by atoms with Gasteiger partial charge in [0.15, 0.2) is 0 Å². The highest BCUT2D eigenvalue weighted by molar-refractivity contribution is 6.68. The van der Waals surface area contributed by atoms with Gasteiger partial charge in [0.25, 0.3) is 0 Å². The van der Waals surface area contributed by atoms with Gasteiger partial charge in [-0.2, -0.15) is 0 Å². The second kappa shape index (κ2) is 4.23. The zero-order valence-electron chi connectivity index (χ0n) is 7.27. The van der Waals surface area contributed by atoms with Crippen LogP contribution >= 0.6 is 34.8 Å². The van der Waals surface area contributed by atoms with Crippen LogP contribution in [-0.2, 0) is 0 Å². The van der Waals surface area contributed by atoms with Crippen LogP contribution in [0.5, 0.6) is 0 Å². The Bertz CT molecular complexity index is 335. The number of rotatable bonds is 1. The molecule has 0 aromatic heterocycles. The molecule has 5 heteroatoms. The van der Waals surface area contributed by atoms with Crippen molar-refractivity contribution in [1.82, 2.24) is 0 Å². The molecule has 1 rings (SSSR count). The molecule has 78 valence electrons. The van der Waals surface area contributed by atoms with Crippen LogP contribution in [0.15, 0.2) is 18.2 Å². The quantitative estimate of drug-likeness (QED) is 0.763. The Kier molecular flexibility index (Phi) is 3.64. The average molecular weight is 258 g/mol. The number of benzene rings is 1. The standard InChI is InChI=1S/C9H8Cl3FO/c1-5-2-3-6(7(13)4-5)8(14)9(10,11)12/h2-4,8,14H,1H3. The monoisotopic (exact) mass is 256 g/mol. The number of aliphatic hydroxyl groups is 1. The molecular weight excluding hydrogens is 249 g/mol. The Labute approximate surface area is 96.4 Å². The van der Waals surface area contributed by atoms with Crippen molar-refractivity contribution in [2.75, 3.05) is 0 Å². The fourth-order valence-corrected chi connectivity index (χ4v) is 1.38. The lowest BCUT2D eigenvalue weighted by Crippen LogP contribution is -2.17. The van der Waals surface area contributed by atoms with Gasteiger partial charge in [0, 0.05) is 5.56 Å². The first-order chi connectivity index (χ1) is 6.32. The third-order valence-corrected chi connectivity index (χ3v) is 2.38. The average Bonchev–Trinajstić information content (AvgIpc) is 2.01. The van der Waals surface area contributed by atoms with Gasteiger partial charge >= 0.3 is 0 Å². The highest BCUT2D eigenvalue weighted by atomic mass is 35.6. The molecule has 14 heavy (non-hydrogen) atoms. The van der Waals surface area contributed by atoms with Crippen molar-refractivity contribution in [3.63, 3.8) is 0 Å². The van der Waals surface area contributed by atoms with Gasteiger partial charge in [0.2, 0.25) is 3.79 Å². The summed E-state index contributed by atoms with van der Waals surface area (Å²) in [6.07, 6.45) is -1.46. The molecule has 1 aromatic carbocycles. The Morgan fingerprint density at radius 2 is 1.93 bits per heavy atom. The molecule has 1 atom stereocenters. The van der Waals surface area contributed by atoms with Gasteiger partial charge in [-0.3, -0.25) is 0 Å². The minimum absolute atomic E-state index is 0.0180. The molecule has 0 fully saturated rings. The lowest BCUT2D eigenvalue weighted by Gasteiger charge is -2.19. The molecule has 0 spiro atoms. The largest absolute Gasteiger partial charge is 0.384 e. The van der Waals surface area contributed by atoms with Gasteiger partial charge in [-0.25, -0.2) is 4.39 Å². The summed E-state index contributed by atoms with van der Waals surface area (Å²) in [5, 5.41) is 9.49. The second-order valence-corrected chi connectivity index (χ2v) is 5.34. The smallest absolute Gasteiger partial charge is 0.220 e. The first-order valence-corrected chi connectivity index (χ1v) is 4.96. The highest BCUT2D eigenvalue weighted by Gasteiger charge is 2.33. The van der Waals surface area contributed by atoms with Crippen LogP contribution in [0.1, 0.15) is 17.2 Å². The maximum Gasteiger partial charge on any atom is 0.220 e. The van der Waals surface area contributed by atoms with E-state index in [0.717, 1.165) is 5.56 Å². The number of hydrogen-bond donors (Lipinski definition) is 1. The molecule has 1 unspecified atom stereocenters. The van der Waals surface area contributed by atoms with Crippen molar-refractivity contribution < 1.29 is 9.50 Å². The van der Waals surface area contributed by atoms with Gasteiger partial charge in [-0.05, 0) is 18.6 Å². The molecule has 0 aliphatic heterocycles. The van der Waals surface area contributed by atoms with Crippen LogP contribution in [0.3, 0.4) is 0 Å². The maximum absolute atomic E-state index is 13.3. The van der Waals surface area contributed by atoms with Crippen molar-refractivity contribution in [3.05, 3.63) is 35.1 Å². The number of halogens is 4. The van der Waals surface area contributed by atoms with Crippen molar-refractivity contribution in [3.8, 4) is 0 Å². The topological polar surface area (TPSA) is 20.2 Å². The van der Waals surface area contributed by atoms with Crippen molar-refractivity contribution >= 4 is 34.8 Å². The van der Waals surface area contributed by atoms with E-state index < -0.39 is 15.7 Å². The van der Waals surface area contributed by atoms with Gasteiger partial charge < -0.3 is 5.11 Å². The van der Waals surface area contributed by atoms with Crippen LogP contribution in [0.25, 0.3) is 0 Å². The van der Waals surface area contributed by atoms with Gasteiger partial charge in [-0.1, -0.05) is 46.9 Å². The Balaban J connectivity index is 3.08. The minimum atomic E-state index is -1.92. The number of alkyl halides is 3. The van der Waals surface area contributed by atoms with Crippen molar-refractivity contribution in [2.45, 2.75) is 16.8 Å². The molecule has 0 radical (unpaired) electrons. The van der Waals surface area contributed by atoms with E-state index in [4.69, 9.17) is 34.8 Å². The fraction of sp³-hybridized carbons (Fsp3) is 0.333. The molecule has 1 aromatic rings. The van der Waals surface area contributed by atoms with E-state index in [9.17, 15) is 9.50 Å². The van der Waals surface area contributed by atoms with E-state index in [2.05, 4.69) is 0 Å². The third kappa shape index (κ3) is 2.74. The number of aryl methyl sites for hydroxylation is 1. The zero-order valence-corrected chi connectivity index (χ0v) is 9.54. The number of aliphatic hydroxyl groups excluding tert-OH is 1. The maximum atomic E-state index is 13.3. The molecule has 0 amide bonds. The van der Waals surface area contributed by atoms with Crippen molar-refractivity contribution in [2.24, 2.45) is 0 Å². The summed E-state index contributed by atoms with van der Waals surface area (Å²) >= 11 is 16.3. The summed E-state index contributed by atoms with van der Waals surface area (Å²) in [6.45, 7) is 1.73. The predicted molar refractivity (Wildman–Crippen MR) is 56.4 cm³/mol. The molecule has 0 bridgehead atoms. The summed E-state index contributed by atoms with van der Waals surface area (Å²) in [4.78, 5) is 0. The lowest BCUT2D eigenvalue weighted by molar-refractivity contribution is 0.177. The summed E-state index contributed by atoms with van der Waals surface area (Å²) in [5.41, 5.74) is 0.721.